The Morgan fingerprint density at radius 3 is 2.50 bits per heavy atom. The van der Waals surface area contributed by atoms with Crippen molar-refractivity contribution in [1.29, 1.82) is 0 Å². The van der Waals surface area contributed by atoms with Gasteiger partial charge in [0.1, 0.15) is 0 Å². The van der Waals surface area contributed by atoms with Crippen molar-refractivity contribution < 1.29 is 14.8 Å². The van der Waals surface area contributed by atoms with Crippen LogP contribution in [0, 0.1) is 10.1 Å². The fourth-order valence-electron chi connectivity index (χ4n) is 2.02. The van der Waals surface area contributed by atoms with Crippen molar-refractivity contribution in [2.45, 2.75) is 0 Å². The van der Waals surface area contributed by atoms with Gasteiger partial charge in [0.05, 0.1) is 10.9 Å². The number of nitrogens with zero attached hydrogens (tertiary/aromatic N) is 1. The molecule has 2 rings (SSSR count). The molecular formula is C16H12NO4S-. The number of carboxylic acids is 1. The van der Waals surface area contributed by atoms with Gasteiger partial charge in [-0.3, -0.25) is 10.1 Å². The van der Waals surface area contributed by atoms with E-state index in [-0.39, 0.29) is 10.6 Å². The van der Waals surface area contributed by atoms with Crippen LogP contribution in [-0.4, -0.2) is 17.1 Å². The minimum atomic E-state index is -1.43. The summed E-state index contributed by atoms with van der Waals surface area (Å²) in [6.45, 7) is 0. The third-order valence-electron chi connectivity index (χ3n) is 3.04. The molecule has 2 aromatic rings. The second-order valence-electron chi connectivity index (χ2n) is 4.39. The van der Waals surface area contributed by atoms with Gasteiger partial charge in [-0.1, -0.05) is 42.5 Å². The number of carboxylic acid groups (broad SMARTS) is 1. The average Bonchev–Trinajstić information content (AvgIpc) is 2.50. The maximum Gasteiger partial charge on any atom is 0.271 e. The van der Waals surface area contributed by atoms with Crippen molar-refractivity contribution in [2.24, 2.45) is 0 Å². The summed E-state index contributed by atoms with van der Waals surface area (Å²) < 4.78 is 0. The Morgan fingerprint density at radius 1 is 1.18 bits per heavy atom. The molecule has 0 spiro atoms. The van der Waals surface area contributed by atoms with Crippen LogP contribution in [0.25, 0.3) is 16.8 Å². The van der Waals surface area contributed by atoms with E-state index in [4.69, 9.17) is 0 Å². The number of rotatable bonds is 5. The van der Waals surface area contributed by atoms with Crippen LogP contribution in [0.1, 0.15) is 5.56 Å². The minimum Gasteiger partial charge on any atom is -0.544 e. The monoisotopic (exact) mass is 314 g/mol. The molecule has 0 saturated carbocycles. The normalized spacial score (nSPS) is 12.4. The number of carbonyl (C=O) groups is 1. The third-order valence-corrected chi connectivity index (χ3v) is 3.76. The Bertz CT molecular complexity index is 790. The number of thioether (sulfide) groups is 1. The first-order valence-electron chi connectivity index (χ1n) is 6.34. The topological polar surface area (TPSA) is 83.3 Å². The lowest BCUT2D eigenvalue weighted by molar-refractivity contribution is -0.417. The van der Waals surface area contributed by atoms with E-state index in [1.807, 2.05) is 30.3 Å². The number of benzene rings is 2. The fourth-order valence-corrected chi connectivity index (χ4v) is 2.42. The van der Waals surface area contributed by atoms with Crippen LogP contribution in [0.3, 0.4) is 0 Å². The highest BCUT2D eigenvalue weighted by Gasteiger charge is 2.11. The van der Waals surface area contributed by atoms with Gasteiger partial charge in [-0.05, 0) is 22.6 Å². The van der Waals surface area contributed by atoms with Crippen LogP contribution in [0.15, 0.2) is 59.1 Å². The highest BCUT2D eigenvalue weighted by atomic mass is 32.2. The third kappa shape index (κ3) is 3.53. The summed E-state index contributed by atoms with van der Waals surface area (Å²) in [4.78, 5) is 21.3. The van der Waals surface area contributed by atoms with E-state index in [0.717, 1.165) is 28.6 Å². The summed E-state index contributed by atoms with van der Waals surface area (Å²) in [5.74, 6) is -1.43. The van der Waals surface area contributed by atoms with E-state index >= 15 is 0 Å². The smallest absolute Gasteiger partial charge is 0.271 e. The second kappa shape index (κ2) is 6.91. The standard InChI is InChI=1S/C16H13NO4S/c1-22-15(16(18)19)10-13(17(20)21)9-12-7-4-6-11-5-2-3-8-14(11)12/h2-10H,1H3,(H,18,19)/p-1/b13-9+,15-10-. The first-order chi connectivity index (χ1) is 10.5. The highest BCUT2D eigenvalue weighted by Crippen LogP contribution is 2.22. The lowest BCUT2D eigenvalue weighted by Crippen LogP contribution is -2.23. The zero-order valence-corrected chi connectivity index (χ0v) is 12.5. The molecule has 0 radical (unpaired) electrons. The van der Waals surface area contributed by atoms with E-state index in [1.54, 1.807) is 12.1 Å². The molecule has 0 aliphatic heterocycles. The number of hydrogen-bond acceptors (Lipinski definition) is 5. The Labute approximate surface area is 131 Å². The molecule has 0 unspecified atom stereocenters. The molecule has 6 heteroatoms. The van der Waals surface area contributed by atoms with Gasteiger partial charge in [0.15, 0.2) is 0 Å². The van der Waals surface area contributed by atoms with Crippen molar-refractivity contribution in [3.63, 3.8) is 0 Å². The molecular weight excluding hydrogens is 302 g/mol. The lowest BCUT2D eigenvalue weighted by Gasteiger charge is -2.04. The van der Waals surface area contributed by atoms with Crippen molar-refractivity contribution in [3.05, 3.63) is 74.8 Å². The number of fused-ring (bicyclic) bond motifs is 1. The molecule has 5 nitrogen and oxygen atoms in total. The van der Waals surface area contributed by atoms with Crippen LogP contribution in [0.4, 0.5) is 0 Å². The first kappa shape index (κ1) is 15.8. The van der Waals surface area contributed by atoms with Gasteiger partial charge in [-0.15, -0.1) is 11.8 Å². The van der Waals surface area contributed by atoms with Gasteiger partial charge in [0.25, 0.3) is 5.70 Å². The van der Waals surface area contributed by atoms with Gasteiger partial charge in [0.2, 0.25) is 0 Å². The quantitative estimate of drug-likeness (QED) is 0.366. The molecule has 0 aliphatic rings. The average molecular weight is 314 g/mol. The van der Waals surface area contributed by atoms with E-state index in [2.05, 4.69) is 0 Å². The number of aliphatic carboxylic acids is 1. The molecule has 0 heterocycles. The largest absolute Gasteiger partial charge is 0.544 e. The van der Waals surface area contributed by atoms with E-state index in [9.17, 15) is 20.0 Å². The predicted molar refractivity (Wildman–Crippen MR) is 85.5 cm³/mol. The fraction of sp³-hybridized carbons (Fsp3) is 0.0625. The van der Waals surface area contributed by atoms with Crippen LogP contribution in [-0.2, 0) is 4.79 Å². The predicted octanol–water partition coefficient (Wildman–Crippen LogP) is 2.45. The summed E-state index contributed by atoms with van der Waals surface area (Å²) in [7, 11) is 0. The van der Waals surface area contributed by atoms with Gasteiger partial charge < -0.3 is 9.90 Å². The molecule has 0 amide bonds. The molecule has 0 fully saturated rings. The lowest BCUT2D eigenvalue weighted by atomic mass is 10.0. The van der Waals surface area contributed by atoms with Crippen LogP contribution in [0.5, 0.6) is 0 Å². The summed E-state index contributed by atoms with van der Waals surface area (Å²) >= 11 is 0.892. The van der Waals surface area contributed by atoms with Crippen LogP contribution >= 0.6 is 11.8 Å². The van der Waals surface area contributed by atoms with Crippen molar-refractivity contribution in [3.8, 4) is 0 Å². The van der Waals surface area contributed by atoms with Gasteiger partial charge in [-0.2, -0.15) is 0 Å². The minimum absolute atomic E-state index is 0.191. The first-order valence-corrected chi connectivity index (χ1v) is 7.56. The molecule has 0 bridgehead atoms. The van der Waals surface area contributed by atoms with E-state index in [0.29, 0.717) is 5.56 Å². The maximum atomic E-state index is 11.2. The summed E-state index contributed by atoms with van der Waals surface area (Å²) in [5.41, 5.74) is 0.352. The molecule has 2 aromatic carbocycles. The van der Waals surface area contributed by atoms with E-state index < -0.39 is 10.9 Å². The number of allylic oxidation sites excluding steroid dienone is 1. The Morgan fingerprint density at radius 2 is 1.86 bits per heavy atom. The number of carbonyl (C=O) groups excluding carboxylic acids is 1. The summed E-state index contributed by atoms with van der Waals surface area (Å²) in [5, 5.41) is 23.9. The summed E-state index contributed by atoms with van der Waals surface area (Å²) in [6.07, 6.45) is 3.90. The summed E-state index contributed by atoms with van der Waals surface area (Å²) in [6, 6.07) is 12.9. The number of hydrogen-bond donors (Lipinski definition) is 0. The molecule has 112 valence electrons. The Balaban J connectivity index is 2.59. The molecule has 0 aromatic heterocycles. The molecule has 0 N–H and O–H groups in total. The van der Waals surface area contributed by atoms with Crippen molar-refractivity contribution in [1.82, 2.24) is 0 Å². The SMILES string of the molecule is CS/C(=C\C(=C/c1cccc2ccccc12)[N+](=O)[O-])C(=O)[O-]. The molecule has 0 aliphatic carbocycles. The maximum absolute atomic E-state index is 11.2. The van der Waals surface area contributed by atoms with Crippen molar-refractivity contribution >= 4 is 34.6 Å². The molecule has 0 atom stereocenters. The van der Waals surface area contributed by atoms with Gasteiger partial charge in [-0.25, -0.2) is 0 Å². The molecule has 0 saturated heterocycles. The van der Waals surface area contributed by atoms with Gasteiger partial charge in [0, 0.05) is 17.1 Å². The number of nitro groups is 1. The van der Waals surface area contributed by atoms with Crippen LogP contribution < -0.4 is 5.11 Å². The van der Waals surface area contributed by atoms with Crippen molar-refractivity contribution in [2.75, 3.05) is 6.26 Å². The van der Waals surface area contributed by atoms with Gasteiger partial charge >= 0.3 is 0 Å². The Kier molecular flexibility index (Phi) is 4.95. The Hall–Kier alpha value is -2.60. The highest BCUT2D eigenvalue weighted by molar-refractivity contribution is 8.03. The molecule has 22 heavy (non-hydrogen) atoms. The second-order valence-corrected chi connectivity index (χ2v) is 5.24. The zero-order valence-electron chi connectivity index (χ0n) is 11.7. The van der Waals surface area contributed by atoms with Crippen LogP contribution in [0.2, 0.25) is 0 Å². The van der Waals surface area contributed by atoms with E-state index in [1.165, 1.54) is 12.3 Å². The zero-order chi connectivity index (χ0) is 16.1.